The van der Waals surface area contributed by atoms with Crippen LogP contribution in [-0.4, -0.2) is 34.4 Å². The van der Waals surface area contributed by atoms with Crippen LogP contribution in [0.4, 0.5) is 5.95 Å². The Morgan fingerprint density at radius 1 is 1.64 bits per heavy atom. The SMILES string of the molecule is CCn1ccnc1N(C)CCC(C)O. The Balaban J connectivity index is 2.55. The highest BCUT2D eigenvalue weighted by Crippen LogP contribution is 2.10. The second kappa shape index (κ2) is 5.00. The first kappa shape index (κ1) is 11.0. The number of imidazole rings is 1. The lowest BCUT2D eigenvalue weighted by Crippen LogP contribution is -2.24. The van der Waals surface area contributed by atoms with Gasteiger partial charge in [0.1, 0.15) is 0 Å². The summed E-state index contributed by atoms with van der Waals surface area (Å²) in [6, 6.07) is 0. The van der Waals surface area contributed by atoms with Gasteiger partial charge in [-0.3, -0.25) is 0 Å². The smallest absolute Gasteiger partial charge is 0.205 e. The minimum atomic E-state index is -0.248. The molecule has 1 heterocycles. The van der Waals surface area contributed by atoms with E-state index in [2.05, 4.69) is 21.4 Å². The molecule has 0 saturated heterocycles. The molecule has 4 heteroatoms. The molecule has 1 N–H and O–H groups in total. The van der Waals surface area contributed by atoms with Gasteiger partial charge < -0.3 is 14.6 Å². The quantitative estimate of drug-likeness (QED) is 0.768. The maximum atomic E-state index is 9.17. The Kier molecular flexibility index (Phi) is 3.95. The summed E-state index contributed by atoms with van der Waals surface area (Å²) in [4.78, 5) is 6.34. The fourth-order valence-electron chi connectivity index (χ4n) is 1.37. The third-order valence-electron chi connectivity index (χ3n) is 2.26. The third kappa shape index (κ3) is 2.73. The van der Waals surface area contributed by atoms with E-state index in [1.54, 1.807) is 13.1 Å². The largest absolute Gasteiger partial charge is 0.393 e. The van der Waals surface area contributed by atoms with E-state index in [-0.39, 0.29) is 6.10 Å². The summed E-state index contributed by atoms with van der Waals surface area (Å²) >= 11 is 0. The fraction of sp³-hybridized carbons (Fsp3) is 0.700. The first-order valence-corrected chi connectivity index (χ1v) is 5.05. The highest BCUT2D eigenvalue weighted by molar-refractivity contribution is 5.29. The van der Waals surface area contributed by atoms with E-state index < -0.39 is 0 Å². The van der Waals surface area contributed by atoms with Gasteiger partial charge in [-0.05, 0) is 20.3 Å². The number of aromatic nitrogens is 2. The second-order valence-corrected chi connectivity index (χ2v) is 3.57. The van der Waals surface area contributed by atoms with Crippen LogP contribution in [0, 0.1) is 0 Å². The van der Waals surface area contributed by atoms with E-state index in [4.69, 9.17) is 0 Å². The number of hydrogen-bond donors (Lipinski definition) is 1. The first-order chi connectivity index (χ1) is 6.65. The number of hydrogen-bond acceptors (Lipinski definition) is 3. The average Bonchev–Trinajstić information content (AvgIpc) is 2.61. The van der Waals surface area contributed by atoms with Gasteiger partial charge in [-0.2, -0.15) is 0 Å². The summed E-state index contributed by atoms with van der Waals surface area (Å²) in [5.74, 6) is 0.966. The average molecular weight is 197 g/mol. The van der Waals surface area contributed by atoms with Crippen molar-refractivity contribution < 1.29 is 5.11 Å². The van der Waals surface area contributed by atoms with E-state index in [1.807, 2.05) is 13.2 Å². The fourth-order valence-corrected chi connectivity index (χ4v) is 1.37. The zero-order valence-electron chi connectivity index (χ0n) is 9.14. The number of rotatable bonds is 5. The number of aliphatic hydroxyl groups is 1. The molecule has 1 unspecified atom stereocenters. The van der Waals surface area contributed by atoms with Crippen molar-refractivity contribution in [3.05, 3.63) is 12.4 Å². The molecule has 0 aromatic carbocycles. The van der Waals surface area contributed by atoms with Gasteiger partial charge in [0, 0.05) is 32.5 Å². The van der Waals surface area contributed by atoms with Gasteiger partial charge in [-0.1, -0.05) is 0 Å². The predicted molar refractivity (Wildman–Crippen MR) is 57.5 cm³/mol. The summed E-state index contributed by atoms with van der Waals surface area (Å²) in [6.07, 6.45) is 4.29. The van der Waals surface area contributed by atoms with Crippen molar-refractivity contribution in [2.45, 2.75) is 32.9 Å². The normalized spacial score (nSPS) is 12.9. The first-order valence-electron chi connectivity index (χ1n) is 5.05. The lowest BCUT2D eigenvalue weighted by atomic mass is 10.3. The zero-order valence-corrected chi connectivity index (χ0v) is 9.14. The van der Waals surface area contributed by atoms with Crippen LogP contribution < -0.4 is 4.90 Å². The molecule has 0 amide bonds. The van der Waals surface area contributed by atoms with Gasteiger partial charge in [-0.25, -0.2) is 4.98 Å². The molecule has 0 radical (unpaired) electrons. The maximum absolute atomic E-state index is 9.17. The summed E-state index contributed by atoms with van der Waals surface area (Å²) < 4.78 is 2.09. The molecule has 0 bridgehead atoms. The van der Waals surface area contributed by atoms with Crippen molar-refractivity contribution in [1.82, 2.24) is 9.55 Å². The molecule has 0 aliphatic carbocycles. The van der Waals surface area contributed by atoms with Gasteiger partial charge in [-0.15, -0.1) is 0 Å². The molecule has 0 fully saturated rings. The molecule has 14 heavy (non-hydrogen) atoms. The molecule has 1 atom stereocenters. The Hall–Kier alpha value is -1.03. The number of nitrogens with zero attached hydrogens (tertiary/aromatic N) is 3. The Labute approximate surface area is 85.2 Å². The number of aliphatic hydroxyl groups excluding tert-OH is 1. The monoisotopic (exact) mass is 197 g/mol. The molecule has 4 nitrogen and oxygen atoms in total. The van der Waals surface area contributed by atoms with Crippen LogP contribution in [0.1, 0.15) is 20.3 Å². The van der Waals surface area contributed by atoms with Gasteiger partial charge in [0.15, 0.2) is 0 Å². The lowest BCUT2D eigenvalue weighted by molar-refractivity contribution is 0.186. The van der Waals surface area contributed by atoms with Crippen molar-refractivity contribution in [2.24, 2.45) is 0 Å². The highest BCUT2D eigenvalue weighted by Gasteiger charge is 2.07. The van der Waals surface area contributed by atoms with Crippen LogP contribution in [0.2, 0.25) is 0 Å². The molecule has 0 spiro atoms. The van der Waals surface area contributed by atoms with Crippen LogP contribution in [0.25, 0.3) is 0 Å². The zero-order chi connectivity index (χ0) is 10.6. The predicted octanol–water partition coefficient (Wildman–Crippen LogP) is 1.11. The van der Waals surface area contributed by atoms with Crippen LogP contribution in [0.15, 0.2) is 12.4 Å². The summed E-state index contributed by atoms with van der Waals surface area (Å²) in [5, 5.41) is 9.17. The van der Waals surface area contributed by atoms with E-state index in [0.29, 0.717) is 0 Å². The van der Waals surface area contributed by atoms with Crippen molar-refractivity contribution in [1.29, 1.82) is 0 Å². The van der Waals surface area contributed by atoms with E-state index in [1.165, 1.54) is 0 Å². The van der Waals surface area contributed by atoms with Gasteiger partial charge in [0.05, 0.1) is 6.10 Å². The Morgan fingerprint density at radius 3 is 2.93 bits per heavy atom. The molecule has 1 aromatic heterocycles. The van der Waals surface area contributed by atoms with Crippen molar-refractivity contribution >= 4 is 5.95 Å². The van der Waals surface area contributed by atoms with Crippen molar-refractivity contribution in [3.8, 4) is 0 Å². The number of anilines is 1. The molecule has 80 valence electrons. The topological polar surface area (TPSA) is 41.3 Å². The molecule has 1 rings (SSSR count). The number of aryl methyl sites for hydroxylation is 1. The minimum absolute atomic E-state index is 0.248. The van der Waals surface area contributed by atoms with Crippen LogP contribution in [0.3, 0.4) is 0 Å². The van der Waals surface area contributed by atoms with Gasteiger partial charge in [0.2, 0.25) is 5.95 Å². The highest BCUT2D eigenvalue weighted by atomic mass is 16.3. The van der Waals surface area contributed by atoms with E-state index >= 15 is 0 Å². The summed E-state index contributed by atoms with van der Waals surface area (Å²) in [5.41, 5.74) is 0. The Bertz CT molecular complexity index is 270. The standard InChI is InChI=1S/C10H19N3O/c1-4-13-8-6-11-10(13)12(3)7-5-9(2)14/h6,8-9,14H,4-5,7H2,1-3H3. The van der Waals surface area contributed by atoms with Crippen molar-refractivity contribution in [3.63, 3.8) is 0 Å². The third-order valence-corrected chi connectivity index (χ3v) is 2.26. The van der Waals surface area contributed by atoms with Crippen LogP contribution in [-0.2, 0) is 6.54 Å². The van der Waals surface area contributed by atoms with E-state index in [9.17, 15) is 5.11 Å². The van der Waals surface area contributed by atoms with Crippen LogP contribution >= 0.6 is 0 Å². The Morgan fingerprint density at radius 2 is 2.36 bits per heavy atom. The van der Waals surface area contributed by atoms with Gasteiger partial charge in [0.25, 0.3) is 0 Å². The molecule has 0 aliphatic heterocycles. The summed E-state index contributed by atoms with van der Waals surface area (Å²) in [6.45, 7) is 5.65. The molecule has 0 aliphatic rings. The lowest BCUT2D eigenvalue weighted by Gasteiger charge is -2.19. The van der Waals surface area contributed by atoms with Crippen molar-refractivity contribution in [2.75, 3.05) is 18.5 Å². The van der Waals surface area contributed by atoms with Crippen LogP contribution in [0.5, 0.6) is 0 Å². The van der Waals surface area contributed by atoms with Gasteiger partial charge >= 0.3 is 0 Å². The molecule has 1 aromatic rings. The minimum Gasteiger partial charge on any atom is -0.393 e. The molecule has 0 saturated carbocycles. The second-order valence-electron chi connectivity index (χ2n) is 3.57. The molecular formula is C10H19N3O. The molecular weight excluding hydrogens is 178 g/mol. The van der Waals surface area contributed by atoms with E-state index in [0.717, 1.165) is 25.5 Å². The maximum Gasteiger partial charge on any atom is 0.205 e. The summed E-state index contributed by atoms with van der Waals surface area (Å²) in [7, 11) is 2.00.